The van der Waals surface area contributed by atoms with Gasteiger partial charge in [0.25, 0.3) is 5.91 Å². The molecule has 0 bridgehead atoms. The van der Waals surface area contributed by atoms with Gasteiger partial charge in [-0.15, -0.1) is 0 Å². The predicted molar refractivity (Wildman–Crippen MR) is 111 cm³/mol. The average Bonchev–Trinajstić information content (AvgIpc) is 2.70. The first kappa shape index (κ1) is 18.5. The summed E-state index contributed by atoms with van der Waals surface area (Å²) in [7, 11) is 0. The molecule has 0 spiro atoms. The topological polar surface area (TPSA) is 66.1 Å². The zero-order valence-corrected chi connectivity index (χ0v) is 15.6. The Kier molecular flexibility index (Phi) is 6.05. The first-order valence-corrected chi connectivity index (χ1v) is 9.08. The summed E-state index contributed by atoms with van der Waals surface area (Å²) in [6.45, 7) is 4.87. The number of nitrogens with zero attached hydrogens (tertiary/aromatic N) is 1. The number of hydrogen-bond acceptors (Lipinski definition) is 4. The van der Waals surface area contributed by atoms with Gasteiger partial charge in [0.2, 0.25) is 0 Å². The van der Waals surface area contributed by atoms with Gasteiger partial charge in [-0.2, -0.15) is 0 Å². The van der Waals surface area contributed by atoms with E-state index in [1.165, 1.54) is 5.56 Å². The van der Waals surface area contributed by atoms with Crippen LogP contribution in [0.1, 0.15) is 35.8 Å². The maximum Gasteiger partial charge on any atom is 0.255 e. The first-order chi connectivity index (χ1) is 13.2. The van der Waals surface area contributed by atoms with Gasteiger partial charge in [0.15, 0.2) is 0 Å². The minimum absolute atomic E-state index is 0.157. The van der Waals surface area contributed by atoms with Crippen LogP contribution in [0.25, 0.3) is 0 Å². The number of benzene rings is 2. The third-order valence-corrected chi connectivity index (χ3v) is 4.21. The molecule has 3 N–H and O–H groups in total. The van der Waals surface area contributed by atoms with Crippen molar-refractivity contribution in [3.63, 3.8) is 0 Å². The van der Waals surface area contributed by atoms with E-state index in [4.69, 9.17) is 0 Å². The number of pyridine rings is 1. The second-order valence-corrected chi connectivity index (χ2v) is 6.27. The Labute approximate surface area is 159 Å². The molecule has 3 rings (SSSR count). The summed E-state index contributed by atoms with van der Waals surface area (Å²) in [5.74, 6) is 0.537. The molecule has 0 fully saturated rings. The van der Waals surface area contributed by atoms with E-state index in [1.54, 1.807) is 18.3 Å². The van der Waals surface area contributed by atoms with E-state index in [0.29, 0.717) is 11.4 Å². The highest BCUT2D eigenvalue weighted by atomic mass is 16.1. The molecule has 0 aliphatic carbocycles. The van der Waals surface area contributed by atoms with Gasteiger partial charge in [-0.3, -0.25) is 4.79 Å². The van der Waals surface area contributed by atoms with E-state index >= 15 is 0 Å². The molecule has 1 aromatic heterocycles. The van der Waals surface area contributed by atoms with Gasteiger partial charge in [0.1, 0.15) is 5.82 Å². The van der Waals surface area contributed by atoms with Crippen molar-refractivity contribution in [2.24, 2.45) is 0 Å². The lowest BCUT2D eigenvalue weighted by atomic mass is 10.1. The fourth-order valence-corrected chi connectivity index (χ4v) is 2.78. The molecule has 0 radical (unpaired) electrons. The van der Waals surface area contributed by atoms with Crippen LogP contribution in [-0.4, -0.2) is 17.4 Å². The summed E-state index contributed by atoms with van der Waals surface area (Å²) in [6, 6.07) is 21.6. The van der Waals surface area contributed by atoms with Crippen LogP contribution in [0.3, 0.4) is 0 Å². The van der Waals surface area contributed by atoms with E-state index < -0.39 is 0 Å². The van der Waals surface area contributed by atoms with Crippen molar-refractivity contribution in [3.05, 3.63) is 84.1 Å². The number of aromatic nitrogens is 1. The lowest BCUT2D eigenvalue weighted by molar-refractivity contribution is 0.102. The summed E-state index contributed by atoms with van der Waals surface area (Å²) >= 11 is 0. The van der Waals surface area contributed by atoms with Gasteiger partial charge in [0, 0.05) is 35.7 Å². The van der Waals surface area contributed by atoms with E-state index in [-0.39, 0.29) is 11.9 Å². The van der Waals surface area contributed by atoms with Crippen molar-refractivity contribution in [1.82, 2.24) is 4.98 Å². The molecule has 0 unspecified atom stereocenters. The third kappa shape index (κ3) is 5.07. The fraction of sp³-hybridized carbons (Fsp3) is 0.182. The minimum atomic E-state index is -0.157. The SMILES string of the molecule is CCNc1cc(C(=O)Nc2ccc(N[C@@H](C)c3ccccc3)cc2)ccn1. The average molecular weight is 360 g/mol. The zero-order chi connectivity index (χ0) is 19.1. The molecule has 5 nitrogen and oxygen atoms in total. The predicted octanol–water partition coefficient (Wildman–Crippen LogP) is 4.94. The van der Waals surface area contributed by atoms with Crippen LogP contribution in [0.4, 0.5) is 17.2 Å². The summed E-state index contributed by atoms with van der Waals surface area (Å²) in [6.07, 6.45) is 1.63. The van der Waals surface area contributed by atoms with Crippen LogP contribution in [-0.2, 0) is 0 Å². The van der Waals surface area contributed by atoms with Gasteiger partial charge >= 0.3 is 0 Å². The van der Waals surface area contributed by atoms with E-state index in [1.807, 2.05) is 49.4 Å². The highest BCUT2D eigenvalue weighted by Crippen LogP contribution is 2.21. The molecule has 5 heteroatoms. The molecule has 0 aliphatic rings. The molecule has 1 amide bonds. The Bertz CT molecular complexity index is 878. The van der Waals surface area contributed by atoms with E-state index in [9.17, 15) is 4.79 Å². The fourth-order valence-electron chi connectivity index (χ4n) is 2.78. The Morgan fingerprint density at radius 1 is 1.00 bits per heavy atom. The van der Waals surface area contributed by atoms with Crippen LogP contribution in [0, 0.1) is 0 Å². The molecular formula is C22H24N4O. The van der Waals surface area contributed by atoms with Crippen molar-refractivity contribution < 1.29 is 4.79 Å². The highest BCUT2D eigenvalue weighted by Gasteiger charge is 2.08. The van der Waals surface area contributed by atoms with Crippen molar-refractivity contribution >= 4 is 23.1 Å². The van der Waals surface area contributed by atoms with Crippen LogP contribution in [0.2, 0.25) is 0 Å². The van der Waals surface area contributed by atoms with Crippen LogP contribution >= 0.6 is 0 Å². The van der Waals surface area contributed by atoms with Crippen LogP contribution in [0.15, 0.2) is 72.9 Å². The molecule has 0 aliphatic heterocycles. The number of hydrogen-bond donors (Lipinski definition) is 3. The molecule has 1 heterocycles. The van der Waals surface area contributed by atoms with Gasteiger partial charge in [-0.05, 0) is 55.8 Å². The van der Waals surface area contributed by atoms with Gasteiger partial charge in [-0.25, -0.2) is 4.98 Å². The van der Waals surface area contributed by atoms with Crippen LogP contribution in [0.5, 0.6) is 0 Å². The number of carbonyl (C=O) groups excluding carboxylic acids is 1. The van der Waals surface area contributed by atoms with Crippen LogP contribution < -0.4 is 16.0 Å². The Morgan fingerprint density at radius 3 is 2.41 bits per heavy atom. The normalized spacial score (nSPS) is 11.5. The number of carbonyl (C=O) groups is 1. The number of nitrogens with one attached hydrogen (secondary N) is 3. The maximum atomic E-state index is 12.4. The summed E-state index contributed by atoms with van der Waals surface area (Å²) in [4.78, 5) is 16.6. The number of anilines is 3. The molecular weight excluding hydrogens is 336 g/mol. The standard InChI is InChI=1S/C22H24N4O/c1-3-23-21-15-18(13-14-24-21)22(27)26-20-11-9-19(10-12-20)25-16(2)17-7-5-4-6-8-17/h4-16,25H,3H2,1-2H3,(H,23,24)(H,26,27)/t16-/m0/s1. The smallest absolute Gasteiger partial charge is 0.255 e. The van der Waals surface area contributed by atoms with Crippen molar-refractivity contribution in [2.45, 2.75) is 19.9 Å². The second kappa shape index (κ2) is 8.85. The minimum Gasteiger partial charge on any atom is -0.379 e. The molecule has 3 aromatic rings. The molecule has 0 saturated heterocycles. The first-order valence-electron chi connectivity index (χ1n) is 9.08. The molecule has 138 valence electrons. The molecule has 2 aromatic carbocycles. The van der Waals surface area contributed by atoms with Gasteiger partial charge in [0.05, 0.1) is 0 Å². The van der Waals surface area contributed by atoms with E-state index in [2.05, 4.69) is 40.0 Å². The third-order valence-electron chi connectivity index (χ3n) is 4.21. The number of amides is 1. The van der Waals surface area contributed by atoms with E-state index in [0.717, 1.165) is 17.9 Å². The summed E-state index contributed by atoms with van der Waals surface area (Å²) in [5.41, 5.74) is 3.55. The molecule has 27 heavy (non-hydrogen) atoms. The Balaban J connectivity index is 1.62. The summed E-state index contributed by atoms with van der Waals surface area (Å²) in [5, 5.41) is 9.49. The second-order valence-electron chi connectivity index (χ2n) is 6.27. The lowest BCUT2D eigenvalue weighted by Gasteiger charge is -2.16. The largest absolute Gasteiger partial charge is 0.379 e. The van der Waals surface area contributed by atoms with Crippen molar-refractivity contribution in [3.8, 4) is 0 Å². The Hall–Kier alpha value is -3.34. The lowest BCUT2D eigenvalue weighted by Crippen LogP contribution is -2.13. The summed E-state index contributed by atoms with van der Waals surface area (Å²) < 4.78 is 0. The zero-order valence-electron chi connectivity index (χ0n) is 15.6. The van der Waals surface area contributed by atoms with Crippen molar-refractivity contribution in [2.75, 3.05) is 22.5 Å². The highest BCUT2D eigenvalue weighted by molar-refractivity contribution is 6.04. The maximum absolute atomic E-state index is 12.4. The van der Waals surface area contributed by atoms with Gasteiger partial charge in [-0.1, -0.05) is 30.3 Å². The Morgan fingerprint density at radius 2 is 1.70 bits per heavy atom. The molecule has 1 atom stereocenters. The van der Waals surface area contributed by atoms with Crippen molar-refractivity contribution in [1.29, 1.82) is 0 Å². The number of rotatable bonds is 7. The quantitative estimate of drug-likeness (QED) is 0.558. The monoisotopic (exact) mass is 360 g/mol. The van der Waals surface area contributed by atoms with Gasteiger partial charge < -0.3 is 16.0 Å². The molecule has 0 saturated carbocycles.